The Balaban J connectivity index is 3.03. The summed E-state index contributed by atoms with van der Waals surface area (Å²) >= 11 is 0. The summed E-state index contributed by atoms with van der Waals surface area (Å²) in [6.45, 7) is 1.73. The van der Waals surface area contributed by atoms with Crippen LogP contribution in [0, 0.1) is 11.8 Å². The summed E-state index contributed by atoms with van der Waals surface area (Å²) in [4.78, 5) is 7.72. The van der Waals surface area contributed by atoms with E-state index in [0.717, 1.165) is 0 Å². The maximum atomic E-state index is 5.37. The van der Waals surface area contributed by atoms with Crippen molar-refractivity contribution in [3.8, 4) is 11.8 Å². The minimum absolute atomic E-state index is 0.452. The monoisotopic (exact) mass is 133 g/mol. The zero-order valence-electron chi connectivity index (χ0n) is 5.63. The maximum absolute atomic E-state index is 5.37. The molecule has 0 bridgehead atoms. The van der Waals surface area contributed by atoms with Crippen molar-refractivity contribution in [1.82, 2.24) is 9.97 Å². The van der Waals surface area contributed by atoms with Crippen molar-refractivity contribution >= 4 is 5.82 Å². The number of aromatic nitrogens is 2. The molecular weight excluding hydrogens is 126 g/mol. The summed E-state index contributed by atoms with van der Waals surface area (Å²) in [5.74, 6) is 6.30. The van der Waals surface area contributed by atoms with Crippen LogP contribution in [0.3, 0.4) is 0 Å². The van der Waals surface area contributed by atoms with Crippen LogP contribution in [0.2, 0.25) is 0 Å². The van der Waals surface area contributed by atoms with Gasteiger partial charge in [0.1, 0.15) is 5.82 Å². The van der Waals surface area contributed by atoms with Gasteiger partial charge in [0.05, 0.1) is 0 Å². The van der Waals surface area contributed by atoms with Crippen LogP contribution in [0.5, 0.6) is 0 Å². The van der Waals surface area contributed by atoms with E-state index in [9.17, 15) is 0 Å². The molecule has 0 amide bonds. The summed E-state index contributed by atoms with van der Waals surface area (Å²) in [5, 5.41) is 0. The van der Waals surface area contributed by atoms with Gasteiger partial charge in [-0.25, -0.2) is 9.97 Å². The molecule has 0 saturated carbocycles. The molecule has 0 aliphatic rings. The van der Waals surface area contributed by atoms with Crippen LogP contribution >= 0.6 is 0 Å². The number of hydrogen-bond acceptors (Lipinski definition) is 3. The van der Waals surface area contributed by atoms with E-state index in [1.807, 2.05) is 0 Å². The normalized spacial score (nSPS) is 8.10. The van der Waals surface area contributed by atoms with E-state index in [2.05, 4.69) is 21.8 Å². The van der Waals surface area contributed by atoms with Crippen LogP contribution in [0.4, 0.5) is 5.82 Å². The summed E-state index contributed by atoms with van der Waals surface area (Å²) in [7, 11) is 0. The van der Waals surface area contributed by atoms with Crippen molar-refractivity contribution in [2.45, 2.75) is 6.92 Å². The minimum atomic E-state index is 0.452. The second-order valence-electron chi connectivity index (χ2n) is 1.68. The number of anilines is 1. The topological polar surface area (TPSA) is 51.8 Å². The smallest absolute Gasteiger partial charge is 0.206 e. The first-order valence-corrected chi connectivity index (χ1v) is 2.84. The standard InChI is InChI=1S/C7H7N3/c1-2-3-7-9-5-4-6(8)10-7/h4-5H,1H3,(H2,8,9,10). The van der Waals surface area contributed by atoms with Gasteiger partial charge in [-0.3, -0.25) is 0 Å². The number of hydrogen-bond donors (Lipinski definition) is 1. The van der Waals surface area contributed by atoms with Gasteiger partial charge in [0.25, 0.3) is 0 Å². The van der Waals surface area contributed by atoms with E-state index in [0.29, 0.717) is 11.6 Å². The Morgan fingerprint density at radius 2 is 2.40 bits per heavy atom. The van der Waals surface area contributed by atoms with E-state index >= 15 is 0 Å². The maximum Gasteiger partial charge on any atom is 0.206 e. The molecule has 1 aromatic heterocycles. The fourth-order valence-corrected chi connectivity index (χ4v) is 0.545. The van der Waals surface area contributed by atoms with Gasteiger partial charge in [0.15, 0.2) is 0 Å². The largest absolute Gasteiger partial charge is 0.384 e. The third-order valence-electron chi connectivity index (χ3n) is 0.914. The van der Waals surface area contributed by atoms with Crippen LogP contribution in [0.15, 0.2) is 12.3 Å². The first-order chi connectivity index (χ1) is 4.83. The van der Waals surface area contributed by atoms with Gasteiger partial charge in [-0.15, -0.1) is 0 Å². The Morgan fingerprint density at radius 1 is 1.60 bits per heavy atom. The van der Waals surface area contributed by atoms with E-state index in [1.54, 1.807) is 19.2 Å². The predicted molar refractivity (Wildman–Crippen MR) is 39.0 cm³/mol. The van der Waals surface area contributed by atoms with Crippen LogP contribution in [-0.4, -0.2) is 9.97 Å². The molecule has 1 rings (SSSR count). The van der Waals surface area contributed by atoms with Crippen molar-refractivity contribution in [2.75, 3.05) is 5.73 Å². The lowest BCUT2D eigenvalue weighted by Crippen LogP contribution is -1.93. The molecule has 0 unspecified atom stereocenters. The fraction of sp³-hybridized carbons (Fsp3) is 0.143. The van der Waals surface area contributed by atoms with E-state index < -0.39 is 0 Å². The molecule has 1 heterocycles. The van der Waals surface area contributed by atoms with Gasteiger partial charge in [0, 0.05) is 6.20 Å². The number of nitrogen functional groups attached to an aromatic ring is 1. The second kappa shape index (κ2) is 2.83. The molecule has 0 radical (unpaired) electrons. The summed E-state index contributed by atoms with van der Waals surface area (Å²) < 4.78 is 0. The van der Waals surface area contributed by atoms with E-state index in [4.69, 9.17) is 5.73 Å². The first-order valence-electron chi connectivity index (χ1n) is 2.84. The fourth-order valence-electron chi connectivity index (χ4n) is 0.545. The molecule has 3 heteroatoms. The number of nitrogens with two attached hydrogens (primary N) is 1. The Kier molecular flexibility index (Phi) is 1.86. The molecule has 0 saturated heterocycles. The molecule has 2 N–H and O–H groups in total. The zero-order chi connectivity index (χ0) is 7.40. The van der Waals surface area contributed by atoms with Gasteiger partial charge in [0.2, 0.25) is 5.82 Å². The average Bonchev–Trinajstić information content (AvgIpc) is 1.88. The van der Waals surface area contributed by atoms with Gasteiger partial charge in [-0.1, -0.05) is 5.92 Å². The summed E-state index contributed by atoms with van der Waals surface area (Å²) in [5.41, 5.74) is 5.37. The minimum Gasteiger partial charge on any atom is -0.384 e. The highest BCUT2D eigenvalue weighted by atomic mass is 14.9. The third kappa shape index (κ3) is 1.46. The molecule has 0 atom stereocenters. The molecule has 0 aliphatic heterocycles. The average molecular weight is 133 g/mol. The van der Waals surface area contributed by atoms with Crippen LogP contribution in [0.1, 0.15) is 12.7 Å². The first kappa shape index (κ1) is 6.56. The third-order valence-corrected chi connectivity index (χ3v) is 0.914. The van der Waals surface area contributed by atoms with E-state index in [1.165, 1.54) is 0 Å². The quantitative estimate of drug-likeness (QED) is 0.522. The van der Waals surface area contributed by atoms with E-state index in [-0.39, 0.29) is 0 Å². The van der Waals surface area contributed by atoms with Crippen molar-refractivity contribution in [1.29, 1.82) is 0 Å². The summed E-state index contributed by atoms with van der Waals surface area (Å²) in [6.07, 6.45) is 1.59. The van der Waals surface area contributed by atoms with Crippen molar-refractivity contribution in [3.05, 3.63) is 18.1 Å². The van der Waals surface area contributed by atoms with Crippen LogP contribution < -0.4 is 5.73 Å². The van der Waals surface area contributed by atoms with Crippen LogP contribution in [-0.2, 0) is 0 Å². The molecule has 0 spiro atoms. The molecule has 3 nitrogen and oxygen atoms in total. The lowest BCUT2D eigenvalue weighted by Gasteiger charge is -1.89. The zero-order valence-corrected chi connectivity index (χ0v) is 5.63. The summed E-state index contributed by atoms with van der Waals surface area (Å²) in [6, 6.07) is 1.63. The molecule has 1 aromatic rings. The number of rotatable bonds is 0. The van der Waals surface area contributed by atoms with Gasteiger partial charge < -0.3 is 5.73 Å². The van der Waals surface area contributed by atoms with Gasteiger partial charge in [-0.2, -0.15) is 0 Å². The Morgan fingerprint density at radius 3 is 3.00 bits per heavy atom. The number of nitrogens with zero attached hydrogens (tertiary/aromatic N) is 2. The van der Waals surface area contributed by atoms with Crippen molar-refractivity contribution < 1.29 is 0 Å². The highest BCUT2D eigenvalue weighted by Gasteiger charge is 1.88. The molecule has 50 valence electrons. The van der Waals surface area contributed by atoms with Gasteiger partial charge >= 0.3 is 0 Å². The molecule has 10 heavy (non-hydrogen) atoms. The second-order valence-corrected chi connectivity index (χ2v) is 1.68. The van der Waals surface area contributed by atoms with Crippen LogP contribution in [0.25, 0.3) is 0 Å². The Hall–Kier alpha value is -1.56. The molecule has 0 fully saturated rings. The molecular formula is C7H7N3. The highest BCUT2D eigenvalue weighted by molar-refractivity contribution is 5.30. The lowest BCUT2D eigenvalue weighted by molar-refractivity contribution is 1.14. The molecule has 0 aliphatic carbocycles. The Labute approximate surface area is 59.3 Å². The van der Waals surface area contributed by atoms with Crippen molar-refractivity contribution in [2.24, 2.45) is 0 Å². The Bertz CT molecular complexity index is 282. The van der Waals surface area contributed by atoms with Crippen molar-refractivity contribution in [3.63, 3.8) is 0 Å². The SMILES string of the molecule is CC#Cc1nccc(N)n1. The molecule has 0 aromatic carbocycles. The highest BCUT2D eigenvalue weighted by Crippen LogP contribution is 1.93. The lowest BCUT2D eigenvalue weighted by atomic mass is 10.5. The predicted octanol–water partition coefficient (Wildman–Crippen LogP) is 0.430. The van der Waals surface area contributed by atoms with Gasteiger partial charge in [-0.05, 0) is 18.9 Å².